The fraction of sp³-hybridized carbons (Fsp3) is 0.500. The molecule has 1 heterocycles. The average molecular weight is 343 g/mol. The molecule has 2 rings (SSSR count). The van der Waals surface area contributed by atoms with E-state index < -0.39 is 11.5 Å². The third kappa shape index (κ3) is 3.39. The maximum atomic E-state index is 12.4. The van der Waals surface area contributed by atoms with Crippen molar-refractivity contribution in [3.05, 3.63) is 33.8 Å². The summed E-state index contributed by atoms with van der Waals surface area (Å²) in [6.07, 6.45) is 0.528. The lowest BCUT2D eigenvalue weighted by atomic mass is 9.89. The first-order chi connectivity index (χ1) is 10.3. The van der Waals surface area contributed by atoms with Gasteiger partial charge >= 0.3 is 0 Å². The number of benzene rings is 1. The second-order valence-corrected chi connectivity index (χ2v) is 6.99. The molecule has 1 fully saturated rings. The van der Waals surface area contributed by atoms with Crippen molar-refractivity contribution in [1.29, 1.82) is 0 Å². The van der Waals surface area contributed by atoms with Crippen LogP contribution in [0.4, 0.5) is 0 Å². The van der Waals surface area contributed by atoms with E-state index in [0.717, 1.165) is 5.56 Å². The number of rotatable bonds is 4. The topological polar surface area (TPSA) is 49.4 Å². The molecule has 4 nitrogen and oxygen atoms in total. The highest BCUT2D eigenvalue weighted by atomic mass is 35.5. The Kier molecular flexibility index (Phi) is 5.03. The fourth-order valence-electron chi connectivity index (χ4n) is 2.77. The van der Waals surface area contributed by atoms with E-state index in [-0.39, 0.29) is 11.8 Å². The zero-order chi connectivity index (χ0) is 16.5. The van der Waals surface area contributed by atoms with E-state index in [1.165, 1.54) is 0 Å². The van der Waals surface area contributed by atoms with E-state index in [2.05, 4.69) is 5.32 Å². The maximum absolute atomic E-state index is 12.4. The van der Waals surface area contributed by atoms with Crippen molar-refractivity contribution in [2.24, 2.45) is 5.41 Å². The molecule has 22 heavy (non-hydrogen) atoms. The molecule has 1 aliphatic heterocycles. The lowest BCUT2D eigenvalue weighted by Gasteiger charge is -2.22. The van der Waals surface area contributed by atoms with Crippen LogP contribution < -0.4 is 5.32 Å². The van der Waals surface area contributed by atoms with Crippen molar-refractivity contribution >= 4 is 35.0 Å². The normalized spacial score (nSPS) is 20.3. The summed E-state index contributed by atoms with van der Waals surface area (Å²) in [6.45, 7) is 6.48. The average Bonchev–Trinajstić information content (AvgIpc) is 2.68. The summed E-state index contributed by atoms with van der Waals surface area (Å²) in [7, 11) is 0. The first kappa shape index (κ1) is 17.1. The minimum absolute atomic E-state index is 0.0275. The number of likely N-dealkylation sites (N-methyl/N-ethyl adjacent to an activating group) is 1. The molecule has 2 amide bonds. The Morgan fingerprint density at radius 3 is 2.68 bits per heavy atom. The number of amides is 2. The third-order valence-corrected chi connectivity index (χ3v) is 4.62. The second-order valence-electron chi connectivity index (χ2n) is 6.15. The second kappa shape index (κ2) is 6.47. The molecular weight excluding hydrogens is 323 g/mol. The van der Waals surface area contributed by atoms with Crippen molar-refractivity contribution < 1.29 is 9.59 Å². The van der Waals surface area contributed by atoms with Gasteiger partial charge in [-0.3, -0.25) is 9.59 Å². The van der Waals surface area contributed by atoms with Gasteiger partial charge < -0.3 is 10.2 Å². The highest BCUT2D eigenvalue weighted by Gasteiger charge is 2.47. The Morgan fingerprint density at radius 2 is 2.09 bits per heavy atom. The Labute approximate surface area is 140 Å². The van der Waals surface area contributed by atoms with Gasteiger partial charge in [-0.05, 0) is 31.0 Å². The molecule has 1 aromatic rings. The number of carbonyl (C=O) groups is 2. The molecule has 0 aliphatic carbocycles. The summed E-state index contributed by atoms with van der Waals surface area (Å²) >= 11 is 11.9. The van der Waals surface area contributed by atoms with Crippen LogP contribution in [0.5, 0.6) is 0 Å². The van der Waals surface area contributed by atoms with Crippen molar-refractivity contribution in [2.75, 3.05) is 6.54 Å². The molecule has 1 aliphatic rings. The van der Waals surface area contributed by atoms with Gasteiger partial charge in [0.1, 0.15) is 6.04 Å². The van der Waals surface area contributed by atoms with Gasteiger partial charge in [0.15, 0.2) is 0 Å². The number of nitrogens with one attached hydrogen (secondary N) is 1. The highest BCUT2D eigenvalue weighted by Crippen LogP contribution is 2.35. The van der Waals surface area contributed by atoms with Crippen molar-refractivity contribution in [1.82, 2.24) is 10.2 Å². The number of hydrogen-bond acceptors (Lipinski definition) is 2. The van der Waals surface area contributed by atoms with Gasteiger partial charge in [0.2, 0.25) is 11.8 Å². The van der Waals surface area contributed by atoms with Crippen LogP contribution in [0.15, 0.2) is 18.2 Å². The number of likely N-dealkylation sites (tertiary alicyclic amines) is 1. The molecule has 120 valence electrons. The van der Waals surface area contributed by atoms with Gasteiger partial charge in [0, 0.05) is 28.5 Å². The predicted molar refractivity (Wildman–Crippen MR) is 87.9 cm³/mol. The molecule has 1 N–H and O–H groups in total. The van der Waals surface area contributed by atoms with Gasteiger partial charge in [-0.1, -0.05) is 43.1 Å². The molecule has 0 unspecified atom stereocenters. The number of hydrogen-bond donors (Lipinski definition) is 1. The third-order valence-electron chi connectivity index (χ3n) is 4.03. The molecule has 1 atom stereocenters. The van der Waals surface area contributed by atoms with Crippen LogP contribution in [0.25, 0.3) is 0 Å². The van der Waals surface area contributed by atoms with Crippen molar-refractivity contribution in [3.8, 4) is 0 Å². The molecule has 1 saturated heterocycles. The summed E-state index contributed by atoms with van der Waals surface area (Å²) < 4.78 is 0. The van der Waals surface area contributed by atoms with Gasteiger partial charge in [-0.25, -0.2) is 0 Å². The van der Waals surface area contributed by atoms with Crippen LogP contribution in [0.2, 0.25) is 10.0 Å². The summed E-state index contributed by atoms with van der Waals surface area (Å²) in [5.41, 5.74) is 0.307. The van der Waals surface area contributed by atoms with E-state index in [1.54, 1.807) is 23.1 Å². The van der Waals surface area contributed by atoms with Crippen LogP contribution in [0.1, 0.15) is 32.8 Å². The number of halogens is 2. The summed E-state index contributed by atoms with van der Waals surface area (Å²) in [5, 5.41) is 3.94. The molecule has 6 heteroatoms. The van der Waals surface area contributed by atoms with Crippen LogP contribution in [0.3, 0.4) is 0 Å². The van der Waals surface area contributed by atoms with E-state index >= 15 is 0 Å². The summed E-state index contributed by atoms with van der Waals surface area (Å²) in [4.78, 5) is 26.3. The molecule has 0 saturated carbocycles. The Morgan fingerprint density at radius 1 is 1.41 bits per heavy atom. The zero-order valence-electron chi connectivity index (χ0n) is 13.0. The zero-order valence-corrected chi connectivity index (χ0v) is 14.5. The first-order valence-corrected chi connectivity index (χ1v) is 8.04. The largest absolute Gasteiger partial charge is 0.350 e. The molecule has 1 aromatic carbocycles. The quantitative estimate of drug-likeness (QED) is 0.912. The minimum atomic E-state index is -0.490. The lowest BCUT2D eigenvalue weighted by molar-refractivity contribution is -0.138. The van der Waals surface area contributed by atoms with Crippen LogP contribution >= 0.6 is 23.2 Å². The molecule has 0 radical (unpaired) electrons. The minimum Gasteiger partial charge on any atom is -0.350 e. The Hall–Kier alpha value is -1.26. The van der Waals surface area contributed by atoms with E-state index in [9.17, 15) is 9.59 Å². The Bertz CT molecular complexity index is 602. The van der Waals surface area contributed by atoms with Crippen LogP contribution in [-0.2, 0) is 16.1 Å². The number of nitrogens with zero attached hydrogens (tertiary/aromatic N) is 1. The smallest absolute Gasteiger partial charge is 0.243 e. The summed E-state index contributed by atoms with van der Waals surface area (Å²) in [5.74, 6) is -0.119. The van der Waals surface area contributed by atoms with Crippen molar-refractivity contribution in [3.63, 3.8) is 0 Å². The predicted octanol–water partition coefficient (Wildman–Crippen LogP) is 3.26. The van der Waals surface area contributed by atoms with E-state index in [4.69, 9.17) is 23.2 Å². The van der Waals surface area contributed by atoms with Gasteiger partial charge in [-0.2, -0.15) is 0 Å². The fourth-order valence-corrected chi connectivity index (χ4v) is 3.25. The van der Waals surface area contributed by atoms with Gasteiger partial charge in [-0.15, -0.1) is 0 Å². The molecule has 0 aromatic heterocycles. The Balaban J connectivity index is 2.04. The standard InChI is InChI=1S/C16H20Cl2N2O2/c1-4-20-13(8-16(2,3)15(20)22)14(21)19-9-10-5-6-11(17)7-12(10)18/h5-7,13H,4,8-9H2,1-3H3,(H,19,21)/t13-/m0/s1. The SMILES string of the molecule is CCN1C(=O)C(C)(C)C[C@H]1C(=O)NCc1ccc(Cl)cc1Cl. The highest BCUT2D eigenvalue weighted by molar-refractivity contribution is 6.35. The molecular formula is C16H20Cl2N2O2. The molecule has 0 spiro atoms. The van der Waals surface area contributed by atoms with E-state index in [1.807, 2.05) is 20.8 Å². The summed E-state index contributed by atoms with van der Waals surface area (Å²) in [6, 6.07) is 4.74. The van der Waals surface area contributed by atoms with Crippen LogP contribution in [-0.4, -0.2) is 29.3 Å². The van der Waals surface area contributed by atoms with Gasteiger partial charge in [0.25, 0.3) is 0 Å². The first-order valence-electron chi connectivity index (χ1n) is 7.29. The van der Waals surface area contributed by atoms with Gasteiger partial charge in [0.05, 0.1) is 0 Å². The maximum Gasteiger partial charge on any atom is 0.243 e. The van der Waals surface area contributed by atoms with Crippen LogP contribution in [0, 0.1) is 5.41 Å². The lowest BCUT2D eigenvalue weighted by Crippen LogP contribution is -2.44. The molecule has 0 bridgehead atoms. The monoisotopic (exact) mass is 342 g/mol. The van der Waals surface area contributed by atoms with Crippen molar-refractivity contribution in [2.45, 2.75) is 39.8 Å². The number of carbonyl (C=O) groups excluding carboxylic acids is 2. The van der Waals surface area contributed by atoms with E-state index in [0.29, 0.717) is 29.6 Å².